The molecule has 0 aliphatic carbocycles. The van der Waals surface area contributed by atoms with E-state index in [9.17, 15) is 0 Å². The second kappa shape index (κ2) is 5.34. The Bertz CT molecular complexity index is 541. The Labute approximate surface area is 113 Å². The SMILES string of the molecule is Cc1nccc(N2CCC[C@@H](c3ccncc3)C2)n1. The highest BCUT2D eigenvalue weighted by molar-refractivity contribution is 5.39. The van der Waals surface area contributed by atoms with Crippen LogP contribution in [0.4, 0.5) is 5.82 Å². The van der Waals surface area contributed by atoms with Crippen molar-refractivity contribution in [2.75, 3.05) is 18.0 Å². The minimum atomic E-state index is 0.576. The van der Waals surface area contributed by atoms with Crippen LogP contribution in [-0.2, 0) is 0 Å². The minimum absolute atomic E-state index is 0.576. The average Bonchev–Trinajstić information content (AvgIpc) is 2.48. The first-order valence-electron chi connectivity index (χ1n) is 6.77. The molecule has 0 amide bonds. The van der Waals surface area contributed by atoms with Crippen molar-refractivity contribution in [1.29, 1.82) is 0 Å². The molecule has 0 N–H and O–H groups in total. The first-order chi connectivity index (χ1) is 9.33. The van der Waals surface area contributed by atoms with E-state index in [-0.39, 0.29) is 0 Å². The molecule has 0 saturated carbocycles. The molecule has 0 spiro atoms. The van der Waals surface area contributed by atoms with E-state index >= 15 is 0 Å². The predicted molar refractivity (Wildman–Crippen MR) is 75.2 cm³/mol. The minimum Gasteiger partial charge on any atom is -0.356 e. The number of rotatable bonds is 2. The van der Waals surface area contributed by atoms with E-state index < -0.39 is 0 Å². The molecule has 2 aromatic rings. The maximum Gasteiger partial charge on any atom is 0.132 e. The van der Waals surface area contributed by atoms with Crippen molar-refractivity contribution in [1.82, 2.24) is 15.0 Å². The number of hydrogen-bond acceptors (Lipinski definition) is 4. The fraction of sp³-hybridized carbons (Fsp3) is 0.400. The third kappa shape index (κ3) is 2.72. The van der Waals surface area contributed by atoms with Crippen molar-refractivity contribution >= 4 is 5.82 Å². The molecule has 1 aliphatic heterocycles. The van der Waals surface area contributed by atoms with Crippen molar-refractivity contribution in [3.05, 3.63) is 48.2 Å². The summed E-state index contributed by atoms with van der Waals surface area (Å²) in [6.07, 6.45) is 8.04. The van der Waals surface area contributed by atoms with E-state index in [1.807, 2.05) is 31.6 Å². The van der Waals surface area contributed by atoms with E-state index in [1.54, 1.807) is 0 Å². The van der Waals surface area contributed by atoms with Gasteiger partial charge >= 0.3 is 0 Å². The molecular weight excluding hydrogens is 236 g/mol. The molecule has 0 bridgehead atoms. The lowest BCUT2D eigenvalue weighted by Crippen LogP contribution is -2.35. The largest absolute Gasteiger partial charge is 0.356 e. The second-order valence-corrected chi connectivity index (χ2v) is 5.03. The van der Waals surface area contributed by atoms with Gasteiger partial charge in [-0.2, -0.15) is 0 Å². The van der Waals surface area contributed by atoms with Crippen LogP contribution < -0.4 is 4.90 Å². The van der Waals surface area contributed by atoms with Gasteiger partial charge < -0.3 is 4.90 Å². The Morgan fingerprint density at radius 2 is 2.00 bits per heavy atom. The van der Waals surface area contributed by atoms with Gasteiger partial charge in [-0.15, -0.1) is 0 Å². The summed E-state index contributed by atoms with van der Waals surface area (Å²) in [6, 6.07) is 6.25. The molecule has 19 heavy (non-hydrogen) atoms. The Kier molecular flexibility index (Phi) is 3.40. The van der Waals surface area contributed by atoms with Gasteiger partial charge in [-0.3, -0.25) is 4.98 Å². The van der Waals surface area contributed by atoms with Crippen LogP contribution in [0.3, 0.4) is 0 Å². The van der Waals surface area contributed by atoms with Gasteiger partial charge in [0, 0.05) is 37.6 Å². The lowest BCUT2D eigenvalue weighted by Gasteiger charge is -2.33. The summed E-state index contributed by atoms with van der Waals surface area (Å²) >= 11 is 0. The summed E-state index contributed by atoms with van der Waals surface area (Å²) in [5, 5.41) is 0. The zero-order valence-corrected chi connectivity index (χ0v) is 11.2. The van der Waals surface area contributed by atoms with Gasteiger partial charge in [0.1, 0.15) is 11.6 Å². The Hall–Kier alpha value is -1.97. The first kappa shape index (κ1) is 12.1. The van der Waals surface area contributed by atoms with E-state index in [4.69, 9.17) is 0 Å². The number of hydrogen-bond donors (Lipinski definition) is 0. The molecule has 3 rings (SSSR count). The number of aromatic nitrogens is 3. The van der Waals surface area contributed by atoms with Gasteiger partial charge in [0.05, 0.1) is 0 Å². The van der Waals surface area contributed by atoms with Gasteiger partial charge in [-0.1, -0.05) is 0 Å². The third-order valence-electron chi connectivity index (χ3n) is 3.68. The highest BCUT2D eigenvalue weighted by Crippen LogP contribution is 2.28. The summed E-state index contributed by atoms with van der Waals surface area (Å²) < 4.78 is 0. The summed E-state index contributed by atoms with van der Waals surface area (Å²) in [5.74, 6) is 2.46. The molecule has 4 nitrogen and oxygen atoms in total. The summed E-state index contributed by atoms with van der Waals surface area (Å²) in [6.45, 7) is 4.05. The standard InChI is InChI=1S/C15H18N4/c1-12-17-9-6-15(18-12)19-10-2-3-14(11-19)13-4-7-16-8-5-13/h4-9,14H,2-3,10-11H2,1H3/t14-/m1/s1. The summed E-state index contributed by atoms with van der Waals surface area (Å²) in [4.78, 5) is 15.2. The zero-order valence-electron chi connectivity index (χ0n) is 11.2. The fourth-order valence-electron chi connectivity index (χ4n) is 2.71. The van der Waals surface area contributed by atoms with Crippen molar-refractivity contribution in [3.63, 3.8) is 0 Å². The van der Waals surface area contributed by atoms with E-state index in [2.05, 4.69) is 32.0 Å². The van der Waals surface area contributed by atoms with Gasteiger partial charge in [0.15, 0.2) is 0 Å². The highest BCUT2D eigenvalue weighted by Gasteiger charge is 2.22. The van der Waals surface area contributed by atoms with Crippen LogP contribution in [0.5, 0.6) is 0 Å². The number of anilines is 1. The molecule has 4 heteroatoms. The molecule has 2 aromatic heterocycles. The topological polar surface area (TPSA) is 41.9 Å². The number of aryl methyl sites for hydroxylation is 1. The van der Waals surface area contributed by atoms with Gasteiger partial charge in [-0.25, -0.2) is 9.97 Å². The molecule has 0 radical (unpaired) electrons. The molecule has 1 fully saturated rings. The van der Waals surface area contributed by atoms with Crippen LogP contribution in [-0.4, -0.2) is 28.0 Å². The number of pyridine rings is 1. The molecule has 0 aromatic carbocycles. The zero-order chi connectivity index (χ0) is 13.1. The summed E-state index contributed by atoms with van der Waals surface area (Å²) in [7, 11) is 0. The van der Waals surface area contributed by atoms with E-state index in [1.165, 1.54) is 18.4 Å². The van der Waals surface area contributed by atoms with E-state index in [0.717, 1.165) is 24.7 Å². The molecule has 1 atom stereocenters. The molecule has 0 unspecified atom stereocenters. The lowest BCUT2D eigenvalue weighted by atomic mass is 9.91. The average molecular weight is 254 g/mol. The lowest BCUT2D eigenvalue weighted by molar-refractivity contribution is 0.506. The maximum absolute atomic E-state index is 4.53. The Morgan fingerprint density at radius 1 is 1.16 bits per heavy atom. The Balaban J connectivity index is 1.78. The van der Waals surface area contributed by atoms with Gasteiger partial charge in [-0.05, 0) is 43.5 Å². The molecule has 1 saturated heterocycles. The first-order valence-corrected chi connectivity index (χ1v) is 6.77. The summed E-state index contributed by atoms with van der Waals surface area (Å²) in [5.41, 5.74) is 1.38. The van der Waals surface area contributed by atoms with Crippen molar-refractivity contribution in [3.8, 4) is 0 Å². The number of nitrogens with zero attached hydrogens (tertiary/aromatic N) is 4. The molecular formula is C15H18N4. The molecule has 3 heterocycles. The fourth-order valence-corrected chi connectivity index (χ4v) is 2.71. The predicted octanol–water partition coefficient (Wildman–Crippen LogP) is 2.56. The van der Waals surface area contributed by atoms with Crippen LogP contribution in [0.15, 0.2) is 36.8 Å². The van der Waals surface area contributed by atoms with Crippen LogP contribution >= 0.6 is 0 Å². The van der Waals surface area contributed by atoms with Crippen molar-refractivity contribution in [2.45, 2.75) is 25.7 Å². The molecule has 1 aliphatic rings. The Morgan fingerprint density at radius 3 is 2.79 bits per heavy atom. The van der Waals surface area contributed by atoms with Crippen LogP contribution in [0, 0.1) is 6.92 Å². The van der Waals surface area contributed by atoms with Crippen molar-refractivity contribution in [2.24, 2.45) is 0 Å². The monoisotopic (exact) mass is 254 g/mol. The van der Waals surface area contributed by atoms with Crippen LogP contribution in [0.1, 0.15) is 30.1 Å². The van der Waals surface area contributed by atoms with Crippen molar-refractivity contribution < 1.29 is 0 Å². The van der Waals surface area contributed by atoms with E-state index in [0.29, 0.717) is 5.92 Å². The third-order valence-corrected chi connectivity index (χ3v) is 3.68. The quantitative estimate of drug-likeness (QED) is 0.826. The van der Waals surface area contributed by atoms with Gasteiger partial charge in [0.2, 0.25) is 0 Å². The number of piperidine rings is 1. The molecule has 98 valence electrons. The maximum atomic E-state index is 4.53. The van der Waals surface area contributed by atoms with Crippen LogP contribution in [0.2, 0.25) is 0 Å². The smallest absolute Gasteiger partial charge is 0.132 e. The normalized spacial score (nSPS) is 19.4. The second-order valence-electron chi connectivity index (χ2n) is 5.03. The van der Waals surface area contributed by atoms with Crippen LogP contribution in [0.25, 0.3) is 0 Å². The highest BCUT2D eigenvalue weighted by atomic mass is 15.2. The van der Waals surface area contributed by atoms with Gasteiger partial charge in [0.25, 0.3) is 0 Å².